The third-order valence-corrected chi connectivity index (χ3v) is 2.77. The van der Waals surface area contributed by atoms with E-state index < -0.39 is 17.9 Å². The van der Waals surface area contributed by atoms with Gasteiger partial charge in [-0.05, 0) is 0 Å². The first-order valence-electron chi connectivity index (χ1n) is 4.29. The zero-order chi connectivity index (χ0) is 12.1. The van der Waals surface area contributed by atoms with Crippen LogP contribution in [0, 0.1) is 0 Å². The predicted octanol–water partition coefficient (Wildman–Crippen LogP) is -0.862. The molecule has 2 radical (unpaired) electrons. The summed E-state index contributed by atoms with van der Waals surface area (Å²) in [5.74, 6) is -0.873. The minimum Gasteiger partial charge on any atom is -0.467 e. The summed E-state index contributed by atoms with van der Waals surface area (Å²) in [4.78, 5) is 26.9. The first kappa shape index (κ1) is 13.1. The standard InChI is InChI=1S/C8H9BN2O3S2/c1-14-7(13)4(2-15)10-6(12)5-3-16-8(9)11-5/h3-4,15H,2H2,1H3,(H,10,12). The van der Waals surface area contributed by atoms with E-state index in [9.17, 15) is 9.59 Å². The van der Waals surface area contributed by atoms with Crippen LogP contribution in [0.3, 0.4) is 0 Å². The molecule has 0 aliphatic heterocycles. The molecule has 1 aromatic rings. The van der Waals surface area contributed by atoms with Crippen molar-refractivity contribution in [2.24, 2.45) is 0 Å². The first-order chi connectivity index (χ1) is 7.58. The lowest BCUT2D eigenvalue weighted by Crippen LogP contribution is -2.43. The van der Waals surface area contributed by atoms with Gasteiger partial charge in [0.05, 0.1) is 7.11 Å². The fourth-order valence-electron chi connectivity index (χ4n) is 0.945. The Morgan fingerprint density at radius 2 is 2.44 bits per heavy atom. The fraction of sp³-hybridized carbons (Fsp3) is 0.375. The average Bonchev–Trinajstić information content (AvgIpc) is 2.71. The Morgan fingerprint density at radius 3 is 2.88 bits per heavy atom. The number of thiol groups is 1. The molecule has 5 nitrogen and oxygen atoms in total. The topological polar surface area (TPSA) is 68.3 Å². The number of rotatable bonds is 4. The second kappa shape index (κ2) is 5.90. The van der Waals surface area contributed by atoms with E-state index in [0.717, 1.165) is 11.3 Å². The summed E-state index contributed by atoms with van der Waals surface area (Å²) < 4.78 is 4.50. The number of aromatic nitrogens is 1. The Hall–Kier alpha value is -1.02. The predicted molar refractivity (Wildman–Crippen MR) is 64.6 cm³/mol. The highest BCUT2D eigenvalue weighted by Crippen LogP contribution is 2.00. The second-order valence-electron chi connectivity index (χ2n) is 2.80. The summed E-state index contributed by atoms with van der Waals surface area (Å²) in [5.41, 5.74) is 0.179. The van der Waals surface area contributed by atoms with E-state index in [1.54, 1.807) is 0 Å². The minimum atomic E-state index is -0.788. The molecule has 16 heavy (non-hydrogen) atoms. The molecule has 0 spiro atoms. The van der Waals surface area contributed by atoms with Crippen molar-refractivity contribution in [2.75, 3.05) is 12.9 Å². The molecule has 0 saturated carbocycles. The van der Waals surface area contributed by atoms with Crippen LogP contribution in [0.4, 0.5) is 0 Å². The molecule has 1 N–H and O–H groups in total. The lowest BCUT2D eigenvalue weighted by molar-refractivity contribution is -0.142. The molecule has 0 saturated heterocycles. The number of methoxy groups -OCH3 is 1. The van der Waals surface area contributed by atoms with E-state index in [-0.39, 0.29) is 11.4 Å². The molecular weight excluding hydrogens is 247 g/mol. The molecule has 1 aromatic heterocycles. The van der Waals surface area contributed by atoms with Crippen LogP contribution < -0.4 is 10.2 Å². The van der Waals surface area contributed by atoms with Crippen LogP contribution >= 0.6 is 24.0 Å². The lowest BCUT2D eigenvalue weighted by atomic mass is 10.2. The molecule has 1 rings (SSSR count). The maximum absolute atomic E-state index is 11.6. The Kier molecular flexibility index (Phi) is 4.82. The van der Waals surface area contributed by atoms with Gasteiger partial charge in [-0.15, -0.1) is 11.3 Å². The summed E-state index contributed by atoms with van der Waals surface area (Å²) in [5, 5.41) is 3.96. The van der Waals surface area contributed by atoms with Gasteiger partial charge in [0.2, 0.25) is 0 Å². The molecule has 1 heterocycles. The quantitative estimate of drug-likeness (QED) is 0.418. The maximum Gasteiger partial charge on any atom is 0.329 e. The Labute approximate surface area is 103 Å². The van der Waals surface area contributed by atoms with Crippen molar-refractivity contribution in [3.05, 3.63) is 11.1 Å². The highest BCUT2D eigenvalue weighted by molar-refractivity contribution is 7.80. The molecule has 0 fully saturated rings. The van der Waals surface area contributed by atoms with Gasteiger partial charge in [0.25, 0.3) is 5.91 Å². The van der Waals surface area contributed by atoms with E-state index in [1.807, 2.05) is 0 Å². The van der Waals surface area contributed by atoms with Gasteiger partial charge in [0.15, 0.2) is 7.85 Å². The summed E-state index contributed by atoms with van der Waals surface area (Å²) in [6.45, 7) is 0. The molecular formula is C8H9BN2O3S2. The van der Waals surface area contributed by atoms with Gasteiger partial charge in [-0.1, -0.05) is 0 Å². The van der Waals surface area contributed by atoms with Gasteiger partial charge in [0, 0.05) is 16.0 Å². The van der Waals surface area contributed by atoms with E-state index in [1.165, 1.54) is 12.5 Å². The lowest BCUT2D eigenvalue weighted by Gasteiger charge is -2.12. The Morgan fingerprint density at radius 1 is 1.75 bits per heavy atom. The van der Waals surface area contributed by atoms with Crippen LogP contribution in [0.15, 0.2) is 5.38 Å². The number of hydrogen-bond acceptors (Lipinski definition) is 6. The van der Waals surface area contributed by atoms with Crippen molar-refractivity contribution in [1.82, 2.24) is 10.3 Å². The number of carbonyl (C=O) groups excluding carboxylic acids is 2. The van der Waals surface area contributed by atoms with E-state index in [2.05, 4.69) is 27.7 Å². The molecule has 84 valence electrons. The third kappa shape index (κ3) is 3.24. The zero-order valence-corrected chi connectivity index (χ0v) is 10.2. The van der Waals surface area contributed by atoms with Gasteiger partial charge in [0.1, 0.15) is 11.7 Å². The highest BCUT2D eigenvalue weighted by atomic mass is 32.1. The molecule has 1 amide bonds. The molecule has 0 aliphatic carbocycles. The fourth-order valence-corrected chi connectivity index (χ4v) is 1.73. The van der Waals surface area contributed by atoms with Crippen molar-refractivity contribution >= 4 is 48.6 Å². The Bertz CT molecular complexity index is 396. The van der Waals surface area contributed by atoms with Crippen molar-refractivity contribution < 1.29 is 14.3 Å². The van der Waals surface area contributed by atoms with Crippen molar-refractivity contribution in [1.29, 1.82) is 0 Å². The van der Waals surface area contributed by atoms with Crippen LogP contribution in [-0.4, -0.2) is 43.6 Å². The molecule has 8 heteroatoms. The number of esters is 1. The molecule has 0 bridgehead atoms. The first-order valence-corrected chi connectivity index (χ1v) is 5.80. The highest BCUT2D eigenvalue weighted by Gasteiger charge is 2.21. The zero-order valence-electron chi connectivity index (χ0n) is 8.47. The van der Waals surface area contributed by atoms with Crippen LogP contribution in [0.2, 0.25) is 0 Å². The molecule has 0 aromatic carbocycles. The van der Waals surface area contributed by atoms with Crippen LogP contribution in [-0.2, 0) is 9.53 Å². The van der Waals surface area contributed by atoms with Gasteiger partial charge < -0.3 is 10.1 Å². The monoisotopic (exact) mass is 256 g/mol. The molecule has 0 aliphatic rings. The number of carbonyl (C=O) groups is 2. The smallest absolute Gasteiger partial charge is 0.329 e. The maximum atomic E-state index is 11.6. The number of nitrogens with one attached hydrogen (secondary N) is 1. The summed E-state index contributed by atoms with van der Waals surface area (Å²) in [7, 11) is 6.63. The van der Waals surface area contributed by atoms with Crippen molar-refractivity contribution in [3.8, 4) is 0 Å². The Balaban J connectivity index is 2.66. The van der Waals surface area contributed by atoms with E-state index in [4.69, 9.17) is 7.85 Å². The van der Waals surface area contributed by atoms with Crippen LogP contribution in [0.25, 0.3) is 0 Å². The third-order valence-electron chi connectivity index (χ3n) is 1.73. The van der Waals surface area contributed by atoms with Gasteiger partial charge in [-0.25, -0.2) is 9.78 Å². The van der Waals surface area contributed by atoms with Crippen LogP contribution in [0.5, 0.6) is 0 Å². The normalized spacial score (nSPS) is 11.9. The molecule has 1 unspecified atom stereocenters. The summed E-state index contributed by atoms with van der Waals surface area (Å²) in [6.07, 6.45) is 0. The number of hydrogen-bond donors (Lipinski definition) is 2. The molecule has 1 atom stereocenters. The summed E-state index contributed by atoms with van der Waals surface area (Å²) in [6, 6.07) is -0.788. The number of ether oxygens (including phenoxy) is 1. The van der Waals surface area contributed by atoms with E-state index >= 15 is 0 Å². The minimum absolute atomic E-state index is 0.151. The van der Waals surface area contributed by atoms with Crippen molar-refractivity contribution in [3.63, 3.8) is 0 Å². The average molecular weight is 256 g/mol. The summed E-state index contributed by atoms with van der Waals surface area (Å²) >= 11 is 5.10. The van der Waals surface area contributed by atoms with Gasteiger partial charge in [-0.2, -0.15) is 12.6 Å². The number of amides is 1. The SMILES string of the molecule is [B]c1nc(C(=O)NC(CS)C(=O)OC)cs1. The number of thiazole rings is 1. The van der Waals surface area contributed by atoms with E-state index in [0.29, 0.717) is 4.91 Å². The van der Waals surface area contributed by atoms with Gasteiger partial charge >= 0.3 is 5.97 Å². The number of nitrogens with zero attached hydrogens (tertiary/aromatic N) is 1. The van der Waals surface area contributed by atoms with Crippen molar-refractivity contribution in [2.45, 2.75) is 6.04 Å². The van der Waals surface area contributed by atoms with Crippen LogP contribution in [0.1, 0.15) is 10.5 Å². The second-order valence-corrected chi connectivity index (χ2v) is 4.06. The largest absolute Gasteiger partial charge is 0.467 e. The van der Waals surface area contributed by atoms with Gasteiger partial charge in [-0.3, -0.25) is 4.79 Å².